The maximum absolute atomic E-state index is 13.9. The molecule has 6 N–H and O–H groups in total. The number of phosphoric ester groups is 1. The van der Waals surface area contributed by atoms with Crippen molar-refractivity contribution in [2.45, 2.75) is 56.0 Å². The van der Waals surface area contributed by atoms with Gasteiger partial charge in [0.1, 0.15) is 6.04 Å². The highest BCUT2D eigenvalue weighted by atomic mass is 32.2. The zero-order valence-corrected chi connectivity index (χ0v) is 28.3. The number of carbonyl (C=O) groups is 2. The number of ether oxygens (including phenoxy) is 1. The molecule has 0 bridgehead atoms. The summed E-state index contributed by atoms with van der Waals surface area (Å²) in [6.45, 7) is 1.20. The van der Waals surface area contributed by atoms with Gasteiger partial charge in [-0.2, -0.15) is 4.31 Å². The molecule has 13 nitrogen and oxygen atoms in total. The molecule has 2 amide bonds. The molecule has 3 aromatic rings. The average Bonchev–Trinajstić information content (AvgIpc) is 3.06. The first-order valence-corrected chi connectivity index (χ1v) is 18.2. The molecule has 0 heterocycles. The molecule has 0 aliphatic heterocycles. The number of anilines is 1. The SMILES string of the molecule is [2H]C(C(C)C)N([C@@H](CCCCNC(=O)[C@@H](NC(=O)OC([2H])([2H])[2H])C(c1ccccc1)c1ccccc1)COP(=O)(O)O)S(=O)(=O)c1ccc(N)cc1. The lowest BCUT2D eigenvalue weighted by molar-refractivity contribution is -0.123. The van der Waals surface area contributed by atoms with E-state index in [9.17, 15) is 32.4 Å². The molecule has 262 valence electrons. The zero-order chi connectivity index (χ0) is 38.7. The number of alkyl carbamates (subject to hydrolysis) is 1. The van der Waals surface area contributed by atoms with Gasteiger partial charge in [0.15, 0.2) is 0 Å². The molecular formula is C33H45N4O9PS. The number of sulfonamides is 1. The van der Waals surface area contributed by atoms with Crippen LogP contribution in [0.4, 0.5) is 10.5 Å². The fourth-order valence-electron chi connectivity index (χ4n) is 5.10. The molecule has 15 heteroatoms. The van der Waals surface area contributed by atoms with Crippen molar-refractivity contribution in [3.8, 4) is 0 Å². The van der Waals surface area contributed by atoms with E-state index in [0.29, 0.717) is 16.8 Å². The van der Waals surface area contributed by atoms with E-state index in [1.165, 1.54) is 24.3 Å². The quantitative estimate of drug-likeness (QED) is 0.0724. The molecule has 0 saturated heterocycles. The molecule has 0 saturated carbocycles. The van der Waals surface area contributed by atoms with Crippen molar-refractivity contribution < 1.29 is 47.1 Å². The van der Waals surface area contributed by atoms with Crippen molar-refractivity contribution in [3.63, 3.8) is 0 Å². The molecule has 3 atom stereocenters. The van der Waals surface area contributed by atoms with Crippen LogP contribution in [0.15, 0.2) is 89.8 Å². The third-order valence-corrected chi connectivity index (χ3v) is 9.59. The Balaban J connectivity index is 1.84. The Hall–Kier alpha value is -3.78. The van der Waals surface area contributed by atoms with Gasteiger partial charge in [-0.1, -0.05) is 80.9 Å². The van der Waals surface area contributed by atoms with Crippen molar-refractivity contribution in [2.24, 2.45) is 5.92 Å². The van der Waals surface area contributed by atoms with Crippen LogP contribution in [0.3, 0.4) is 0 Å². The number of methoxy groups -OCH3 is 1. The Bertz CT molecular complexity index is 1710. The summed E-state index contributed by atoms with van der Waals surface area (Å²) in [4.78, 5) is 45.2. The maximum atomic E-state index is 13.9. The van der Waals surface area contributed by atoms with Gasteiger partial charge in [-0.3, -0.25) is 9.32 Å². The molecule has 3 rings (SSSR count). The smallest absolute Gasteiger partial charge is 0.453 e. The molecule has 1 unspecified atom stereocenters. The lowest BCUT2D eigenvalue weighted by Crippen LogP contribution is -2.50. The molecule has 0 aliphatic carbocycles. The van der Waals surface area contributed by atoms with Crippen LogP contribution in [0.5, 0.6) is 0 Å². The van der Waals surface area contributed by atoms with Gasteiger partial charge in [-0.25, -0.2) is 17.8 Å². The van der Waals surface area contributed by atoms with Gasteiger partial charge in [0.2, 0.25) is 15.9 Å². The first-order chi connectivity index (χ1) is 24.3. The minimum atomic E-state index is -5.03. The van der Waals surface area contributed by atoms with Gasteiger partial charge in [0, 0.05) is 32.1 Å². The monoisotopic (exact) mass is 708 g/mol. The van der Waals surface area contributed by atoms with Crippen molar-refractivity contribution in [1.29, 1.82) is 0 Å². The Kier molecular flexibility index (Phi) is 12.4. The Morgan fingerprint density at radius 3 is 2.08 bits per heavy atom. The van der Waals surface area contributed by atoms with Crippen LogP contribution in [0.25, 0.3) is 0 Å². The summed E-state index contributed by atoms with van der Waals surface area (Å²) in [5, 5.41) is 5.15. The summed E-state index contributed by atoms with van der Waals surface area (Å²) in [5.74, 6) is -1.96. The third-order valence-electron chi connectivity index (χ3n) is 7.26. The number of nitrogens with one attached hydrogen (secondary N) is 2. The number of nitrogens with zero attached hydrogens (tertiary/aromatic N) is 1. The molecule has 48 heavy (non-hydrogen) atoms. The molecule has 0 spiro atoms. The van der Waals surface area contributed by atoms with E-state index in [1.807, 2.05) is 0 Å². The summed E-state index contributed by atoms with van der Waals surface area (Å²) in [7, 11) is -12.5. The number of rotatable bonds is 18. The Labute approximate surface area is 287 Å². The molecule has 0 radical (unpaired) electrons. The van der Waals surface area contributed by atoms with Gasteiger partial charge in [0.05, 0.1) is 22.7 Å². The van der Waals surface area contributed by atoms with Crippen molar-refractivity contribution in [3.05, 3.63) is 96.1 Å². The second-order valence-electron chi connectivity index (χ2n) is 11.3. The summed E-state index contributed by atoms with van der Waals surface area (Å²) in [5.41, 5.74) is 7.34. The predicted octanol–water partition coefficient (Wildman–Crippen LogP) is 4.24. The molecule has 0 aromatic heterocycles. The van der Waals surface area contributed by atoms with E-state index >= 15 is 0 Å². The van der Waals surface area contributed by atoms with E-state index in [-0.39, 0.29) is 30.7 Å². The van der Waals surface area contributed by atoms with Gasteiger partial charge < -0.3 is 30.9 Å². The van der Waals surface area contributed by atoms with E-state index in [0.717, 1.165) is 4.31 Å². The molecular weight excluding hydrogens is 659 g/mol. The van der Waals surface area contributed by atoms with Gasteiger partial charge in [0.25, 0.3) is 0 Å². The highest BCUT2D eigenvalue weighted by Gasteiger charge is 2.35. The standard InChI is InChI=1S/C33H45N4O9PS/c1-24(2)22-37(48(43,44)29-19-17-27(34)18-20-29)28(23-46-47(40,41)42)16-10-11-21-35-32(38)31(36-33(39)45-3)30(25-12-6-4-7-13-25)26-14-8-5-9-15-26/h4-9,12-15,17-20,24,28,30-31H,10-11,16,21-23,34H2,1-3H3,(H,35,38)(H,36,39)(H2,40,41,42)/t28-,31-/m0/s1/i3D3,22D/t22?,28-,31-. The van der Waals surface area contributed by atoms with Crippen molar-refractivity contribution in [1.82, 2.24) is 14.9 Å². The molecule has 3 aromatic carbocycles. The van der Waals surface area contributed by atoms with Crippen molar-refractivity contribution >= 4 is 35.5 Å². The third kappa shape index (κ3) is 11.7. The Morgan fingerprint density at radius 2 is 1.56 bits per heavy atom. The average molecular weight is 709 g/mol. The van der Waals surface area contributed by atoms with Crippen LogP contribution in [0.2, 0.25) is 0 Å². The number of unbranched alkanes of at least 4 members (excludes halogenated alkanes) is 1. The van der Waals surface area contributed by atoms with Gasteiger partial charge in [-0.05, 0) is 54.2 Å². The van der Waals surface area contributed by atoms with Crippen LogP contribution < -0.4 is 16.4 Å². The number of phosphoric acid groups is 1. The lowest BCUT2D eigenvalue weighted by atomic mass is 9.84. The van der Waals surface area contributed by atoms with Crippen LogP contribution in [0, 0.1) is 5.92 Å². The minimum Gasteiger partial charge on any atom is -0.453 e. The highest BCUT2D eigenvalue weighted by Crippen LogP contribution is 2.37. The normalized spacial score (nSPS) is 15.5. The van der Waals surface area contributed by atoms with E-state index < -0.39 is 73.9 Å². The number of nitrogens with two attached hydrogens (primary N) is 1. The van der Waals surface area contributed by atoms with Crippen LogP contribution in [-0.4, -0.2) is 73.3 Å². The number of hydrogen-bond acceptors (Lipinski definition) is 8. The summed E-state index contributed by atoms with van der Waals surface area (Å²) >= 11 is 0. The largest absolute Gasteiger partial charge is 0.469 e. The van der Waals surface area contributed by atoms with Gasteiger partial charge >= 0.3 is 13.9 Å². The fraction of sp³-hybridized carbons (Fsp3) is 0.394. The predicted molar refractivity (Wildman–Crippen MR) is 182 cm³/mol. The maximum Gasteiger partial charge on any atom is 0.469 e. The van der Waals surface area contributed by atoms with Crippen molar-refractivity contribution in [2.75, 3.05) is 32.4 Å². The van der Waals surface area contributed by atoms with E-state index in [2.05, 4.69) is 15.4 Å². The van der Waals surface area contributed by atoms with Crippen LogP contribution in [-0.2, 0) is 28.6 Å². The first-order valence-electron chi connectivity index (χ1n) is 17.3. The first kappa shape index (κ1) is 32.8. The number of amides is 2. The Morgan fingerprint density at radius 1 is 0.979 bits per heavy atom. The van der Waals surface area contributed by atoms with Gasteiger partial charge in [-0.15, -0.1) is 0 Å². The van der Waals surface area contributed by atoms with E-state index in [1.54, 1.807) is 74.5 Å². The van der Waals surface area contributed by atoms with Crippen LogP contribution in [0.1, 0.15) is 55.6 Å². The van der Waals surface area contributed by atoms with E-state index in [4.69, 9.17) is 15.7 Å². The number of nitrogen functional groups attached to an aromatic ring is 1. The number of hydrogen-bond donors (Lipinski definition) is 5. The number of carbonyl (C=O) groups excluding carboxylic acids is 2. The van der Waals surface area contributed by atoms with Crippen LogP contribution >= 0.6 is 7.82 Å². The highest BCUT2D eigenvalue weighted by molar-refractivity contribution is 7.89. The summed E-state index contributed by atoms with van der Waals surface area (Å²) in [6.07, 6.45) is -0.919. The second-order valence-corrected chi connectivity index (χ2v) is 14.4. The zero-order valence-electron chi connectivity index (χ0n) is 30.6. The number of benzene rings is 3. The summed E-state index contributed by atoms with van der Waals surface area (Å²) < 4.78 is 80.2. The molecule has 0 fully saturated rings. The summed E-state index contributed by atoms with van der Waals surface area (Å²) in [6, 6.07) is 20.4. The second kappa shape index (κ2) is 18.1. The lowest BCUT2D eigenvalue weighted by Gasteiger charge is -2.32. The minimum absolute atomic E-state index is 0.00684. The molecule has 0 aliphatic rings. The topological polar surface area (TPSA) is 198 Å². The fourth-order valence-corrected chi connectivity index (χ4v) is 7.15.